The largest absolute Gasteiger partial charge is 0.454 e. The second kappa shape index (κ2) is 9.40. The first-order chi connectivity index (χ1) is 15.7. The minimum atomic E-state index is 0.106. The first-order valence-corrected chi connectivity index (χ1v) is 10.9. The number of nitrogens with zero attached hydrogens (tertiary/aromatic N) is 3. The van der Waals surface area contributed by atoms with E-state index in [9.17, 15) is 4.79 Å². The number of carbonyl (C=O) groups is 1. The summed E-state index contributed by atoms with van der Waals surface area (Å²) in [5.41, 5.74) is 1.93. The summed E-state index contributed by atoms with van der Waals surface area (Å²) in [6.07, 6.45) is 2.67. The molecule has 166 valence electrons. The second-order valence-electron chi connectivity index (χ2n) is 7.95. The van der Waals surface area contributed by atoms with Gasteiger partial charge in [0.25, 0.3) is 0 Å². The predicted octanol–water partition coefficient (Wildman–Crippen LogP) is 3.61. The lowest BCUT2D eigenvalue weighted by atomic mass is 10.1. The molecule has 0 saturated carbocycles. The van der Waals surface area contributed by atoms with Gasteiger partial charge in [-0.25, -0.2) is 0 Å². The van der Waals surface area contributed by atoms with Crippen molar-refractivity contribution in [2.24, 2.45) is 0 Å². The van der Waals surface area contributed by atoms with Crippen LogP contribution in [0.3, 0.4) is 0 Å². The third-order valence-corrected chi connectivity index (χ3v) is 5.76. The Bertz CT molecular complexity index is 1060. The molecule has 3 aromatic rings. The summed E-state index contributed by atoms with van der Waals surface area (Å²) in [6, 6.07) is 15.6. The Morgan fingerprint density at radius 3 is 2.69 bits per heavy atom. The van der Waals surface area contributed by atoms with Crippen LogP contribution < -0.4 is 9.47 Å². The van der Waals surface area contributed by atoms with E-state index in [0.29, 0.717) is 55.8 Å². The van der Waals surface area contributed by atoms with Crippen LogP contribution in [-0.2, 0) is 22.6 Å². The second-order valence-corrected chi connectivity index (χ2v) is 7.95. The van der Waals surface area contributed by atoms with E-state index in [1.165, 1.54) is 5.56 Å². The van der Waals surface area contributed by atoms with Gasteiger partial charge >= 0.3 is 0 Å². The van der Waals surface area contributed by atoms with E-state index in [1.807, 2.05) is 41.3 Å². The number of carbonyl (C=O) groups excluding carboxylic acids is 1. The van der Waals surface area contributed by atoms with Gasteiger partial charge in [-0.1, -0.05) is 30.3 Å². The van der Waals surface area contributed by atoms with E-state index in [0.717, 1.165) is 18.4 Å². The summed E-state index contributed by atoms with van der Waals surface area (Å²) >= 11 is 0. The molecule has 0 N–H and O–H groups in total. The third-order valence-electron chi connectivity index (χ3n) is 5.76. The lowest BCUT2D eigenvalue weighted by Crippen LogP contribution is -2.40. The van der Waals surface area contributed by atoms with Gasteiger partial charge in [0, 0.05) is 31.5 Å². The summed E-state index contributed by atoms with van der Waals surface area (Å²) in [4.78, 5) is 14.5. The zero-order valence-corrected chi connectivity index (χ0v) is 17.7. The van der Waals surface area contributed by atoms with Gasteiger partial charge in [-0.2, -0.15) is 0 Å². The molecule has 1 saturated heterocycles. The maximum Gasteiger partial charge on any atom is 0.247 e. The zero-order valence-electron chi connectivity index (χ0n) is 17.7. The number of amides is 1. The van der Waals surface area contributed by atoms with Crippen molar-refractivity contribution in [1.82, 2.24) is 15.1 Å². The van der Waals surface area contributed by atoms with Crippen LogP contribution in [0.2, 0.25) is 0 Å². The highest BCUT2D eigenvalue weighted by Gasteiger charge is 2.24. The smallest absolute Gasteiger partial charge is 0.247 e. The number of hydrogen-bond donors (Lipinski definition) is 0. The van der Waals surface area contributed by atoms with Gasteiger partial charge in [0.1, 0.15) is 0 Å². The van der Waals surface area contributed by atoms with E-state index >= 15 is 0 Å². The fourth-order valence-corrected chi connectivity index (χ4v) is 3.93. The van der Waals surface area contributed by atoms with Crippen LogP contribution in [0.4, 0.5) is 0 Å². The van der Waals surface area contributed by atoms with Gasteiger partial charge < -0.3 is 23.5 Å². The maximum absolute atomic E-state index is 12.6. The molecule has 1 aromatic heterocycles. The van der Waals surface area contributed by atoms with Crippen LogP contribution in [0, 0.1) is 0 Å². The molecule has 32 heavy (non-hydrogen) atoms. The van der Waals surface area contributed by atoms with Crippen LogP contribution >= 0.6 is 0 Å². The van der Waals surface area contributed by atoms with Crippen molar-refractivity contribution in [2.45, 2.75) is 38.4 Å². The molecule has 0 spiro atoms. The Morgan fingerprint density at radius 2 is 1.84 bits per heavy atom. The molecular weight excluding hydrogens is 410 g/mol. The maximum atomic E-state index is 12.6. The Kier molecular flexibility index (Phi) is 6.02. The van der Waals surface area contributed by atoms with E-state index in [4.69, 9.17) is 18.6 Å². The Morgan fingerprint density at radius 1 is 1.03 bits per heavy atom. The quantitative estimate of drug-likeness (QED) is 0.560. The van der Waals surface area contributed by atoms with Crippen molar-refractivity contribution in [3.8, 4) is 23.0 Å². The summed E-state index contributed by atoms with van der Waals surface area (Å²) in [6.45, 7) is 2.25. The fourth-order valence-electron chi connectivity index (χ4n) is 3.93. The average molecular weight is 435 g/mol. The molecule has 3 heterocycles. The first-order valence-electron chi connectivity index (χ1n) is 10.9. The lowest BCUT2D eigenvalue weighted by molar-refractivity contribution is -0.134. The normalized spacial score (nSPS) is 15.8. The summed E-state index contributed by atoms with van der Waals surface area (Å²) in [5, 5.41) is 8.19. The van der Waals surface area contributed by atoms with Crippen molar-refractivity contribution >= 4 is 5.91 Å². The van der Waals surface area contributed by atoms with Gasteiger partial charge in [-0.15, -0.1) is 10.2 Å². The molecule has 0 atom stereocenters. The molecule has 8 nitrogen and oxygen atoms in total. The molecule has 8 heteroatoms. The highest BCUT2D eigenvalue weighted by molar-refractivity contribution is 5.76. The molecule has 0 bridgehead atoms. The third kappa shape index (κ3) is 4.75. The fraction of sp³-hybridized carbons (Fsp3) is 0.375. The molecule has 5 rings (SSSR count). The lowest BCUT2D eigenvalue weighted by Gasteiger charge is -2.32. The number of rotatable bonds is 7. The van der Waals surface area contributed by atoms with Gasteiger partial charge in [0.2, 0.25) is 24.5 Å². The molecule has 1 fully saturated rings. The summed E-state index contributed by atoms with van der Waals surface area (Å²) < 4.78 is 22.5. The number of hydrogen-bond acceptors (Lipinski definition) is 7. The minimum absolute atomic E-state index is 0.106. The monoisotopic (exact) mass is 435 g/mol. The number of likely N-dealkylation sites (tertiary alicyclic amines) is 1. The SMILES string of the molecule is O=C(CCc1nnc(-c2ccc3c(c2)OCO3)o1)N1CCC(OCc2ccccc2)CC1. The standard InChI is InChI=1S/C24H25N3O5/c28-23(27-12-10-19(11-13-27)29-15-17-4-2-1-3-5-17)9-8-22-25-26-24(32-22)18-6-7-20-21(14-18)31-16-30-20/h1-7,14,19H,8-13,15-16H2. The molecule has 0 unspecified atom stereocenters. The molecule has 0 aliphatic carbocycles. The van der Waals surface area contributed by atoms with Crippen LogP contribution in [-0.4, -0.2) is 47.0 Å². The predicted molar refractivity (Wildman–Crippen MR) is 115 cm³/mol. The number of aromatic nitrogens is 2. The zero-order chi connectivity index (χ0) is 21.8. The minimum Gasteiger partial charge on any atom is -0.454 e. The van der Waals surface area contributed by atoms with Gasteiger partial charge in [-0.3, -0.25) is 4.79 Å². The number of piperidine rings is 1. The van der Waals surface area contributed by atoms with E-state index < -0.39 is 0 Å². The summed E-state index contributed by atoms with van der Waals surface area (Å²) in [7, 11) is 0. The Labute approximate surface area is 186 Å². The molecule has 2 aliphatic heterocycles. The number of fused-ring (bicyclic) bond motifs is 1. The van der Waals surface area contributed by atoms with Crippen LogP contribution in [0.15, 0.2) is 52.9 Å². The first kappa shape index (κ1) is 20.5. The molecular formula is C24H25N3O5. The number of ether oxygens (including phenoxy) is 3. The molecule has 2 aliphatic rings. The van der Waals surface area contributed by atoms with Crippen molar-refractivity contribution < 1.29 is 23.4 Å². The number of benzene rings is 2. The highest BCUT2D eigenvalue weighted by Crippen LogP contribution is 2.35. The van der Waals surface area contributed by atoms with Crippen molar-refractivity contribution in [2.75, 3.05) is 19.9 Å². The van der Waals surface area contributed by atoms with Crippen molar-refractivity contribution in [3.63, 3.8) is 0 Å². The van der Waals surface area contributed by atoms with Crippen molar-refractivity contribution in [1.29, 1.82) is 0 Å². The Balaban J connectivity index is 1.07. The van der Waals surface area contributed by atoms with Gasteiger partial charge in [-0.05, 0) is 36.6 Å². The number of aryl methyl sites for hydroxylation is 1. The van der Waals surface area contributed by atoms with Crippen molar-refractivity contribution in [3.05, 3.63) is 60.0 Å². The van der Waals surface area contributed by atoms with Gasteiger partial charge in [0.15, 0.2) is 11.5 Å². The van der Waals surface area contributed by atoms with E-state index in [2.05, 4.69) is 22.3 Å². The van der Waals surface area contributed by atoms with Crippen LogP contribution in [0.1, 0.15) is 30.7 Å². The molecule has 1 amide bonds. The average Bonchev–Trinajstić information content (AvgIpc) is 3.51. The van der Waals surface area contributed by atoms with Crippen LogP contribution in [0.25, 0.3) is 11.5 Å². The van der Waals surface area contributed by atoms with Gasteiger partial charge in [0.05, 0.1) is 12.7 Å². The van der Waals surface area contributed by atoms with E-state index in [-0.39, 0.29) is 18.8 Å². The summed E-state index contributed by atoms with van der Waals surface area (Å²) in [5.74, 6) is 2.32. The molecule has 0 radical (unpaired) electrons. The Hall–Kier alpha value is -3.39. The topological polar surface area (TPSA) is 86.9 Å². The molecule has 2 aromatic carbocycles. The van der Waals surface area contributed by atoms with E-state index in [1.54, 1.807) is 0 Å². The van der Waals surface area contributed by atoms with Crippen LogP contribution in [0.5, 0.6) is 11.5 Å². The highest BCUT2D eigenvalue weighted by atomic mass is 16.7.